The predicted octanol–water partition coefficient (Wildman–Crippen LogP) is 4.28. The SMILES string of the molecule is CC1(CNC2CCSc3ccc(Cl)cc32)CCOCC1. The lowest BCUT2D eigenvalue weighted by atomic mass is 9.82. The van der Waals surface area contributed by atoms with E-state index in [2.05, 4.69) is 24.4 Å². The molecule has 3 rings (SSSR count). The lowest BCUT2D eigenvalue weighted by Gasteiger charge is -2.36. The van der Waals surface area contributed by atoms with Crippen molar-refractivity contribution in [1.82, 2.24) is 5.32 Å². The Hall–Kier alpha value is -0.220. The molecular weight excluding hydrogens is 290 g/mol. The number of fused-ring (bicyclic) bond motifs is 1. The Morgan fingerprint density at radius 1 is 1.40 bits per heavy atom. The van der Waals surface area contributed by atoms with Gasteiger partial charge in [0.05, 0.1) is 0 Å². The predicted molar refractivity (Wildman–Crippen MR) is 85.7 cm³/mol. The summed E-state index contributed by atoms with van der Waals surface area (Å²) in [6.07, 6.45) is 3.50. The van der Waals surface area contributed by atoms with Crippen molar-refractivity contribution in [2.75, 3.05) is 25.5 Å². The van der Waals surface area contributed by atoms with Gasteiger partial charge in [-0.3, -0.25) is 0 Å². The minimum Gasteiger partial charge on any atom is -0.381 e. The van der Waals surface area contributed by atoms with Crippen molar-refractivity contribution in [1.29, 1.82) is 0 Å². The van der Waals surface area contributed by atoms with E-state index in [1.54, 1.807) is 0 Å². The molecule has 2 nitrogen and oxygen atoms in total. The molecule has 0 radical (unpaired) electrons. The van der Waals surface area contributed by atoms with Crippen molar-refractivity contribution in [2.24, 2.45) is 5.41 Å². The molecule has 1 atom stereocenters. The van der Waals surface area contributed by atoms with Crippen LogP contribution in [0.15, 0.2) is 23.1 Å². The van der Waals surface area contributed by atoms with Gasteiger partial charge < -0.3 is 10.1 Å². The molecule has 1 aromatic carbocycles. The maximum absolute atomic E-state index is 6.16. The van der Waals surface area contributed by atoms with Crippen LogP contribution in [0.1, 0.15) is 37.8 Å². The van der Waals surface area contributed by atoms with E-state index in [4.69, 9.17) is 16.3 Å². The molecule has 0 saturated carbocycles. The van der Waals surface area contributed by atoms with Crippen molar-refractivity contribution < 1.29 is 4.74 Å². The summed E-state index contributed by atoms with van der Waals surface area (Å²) in [6.45, 7) is 5.25. The standard InChI is InChI=1S/C16H22ClNOS/c1-16(5-7-19-8-6-16)11-18-14-4-9-20-15-3-2-12(17)10-13(14)15/h2-3,10,14,18H,4-9,11H2,1H3. The maximum atomic E-state index is 6.16. The number of halogens is 1. The molecule has 110 valence electrons. The molecule has 2 aliphatic heterocycles. The van der Waals surface area contributed by atoms with Crippen molar-refractivity contribution in [3.05, 3.63) is 28.8 Å². The summed E-state index contributed by atoms with van der Waals surface area (Å²) < 4.78 is 5.48. The highest BCUT2D eigenvalue weighted by atomic mass is 35.5. The monoisotopic (exact) mass is 311 g/mol. The second kappa shape index (κ2) is 6.27. The van der Waals surface area contributed by atoms with Crippen LogP contribution in [0.25, 0.3) is 0 Å². The average molecular weight is 312 g/mol. The summed E-state index contributed by atoms with van der Waals surface area (Å²) in [5.41, 5.74) is 1.76. The molecule has 1 fully saturated rings. The fraction of sp³-hybridized carbons (Fsp3) is 0.625. The van der Waals surface area contributed by atoms with Crippen LogP contribution in [0.3, 0.4) is 0 Å². The first kappa shape index (κ1) is 14.7. The summed E-state index contributed by atoms with van der Waals surface area (Å²) in [5.74, 6) is 1.19. The Kier molecular flexibility index (Phi) is 4.61. The lowest BCUT2D eigenvalue weighted by Crippen LogP contribution is -2.39. The van der Waals surface area contributed by atoms with Gasteiger partial charge in [0, 0.05) is 35.7 Å². The van der Waals surface area contributed by atoms with Crippen molar-refractivity contribution in [2.45, 2.75) is 37.1 Å². The van der Waals surface area contributed by atoms with Gasteiger partial charge >= 0.3 is 0 Å². The third-order valence-corrected chi connectivity index (χ3v) is 5.84. The highest BCUT2D eigenvalue weighted by molar-refractivity contribution is 7.99. The van der Waals surface area contributed by atoms with Crippen LogP contribution in [0.5, 0.6) is 0 Å². The molecular formula is C16H22ClNOS. The molecule has 1 unspecified atom stereocenters. The molecule has 0 bridgehead atoms. The quantitative estimate of drug-likeness (QED) is 0.900. The molecule has 2 heterocycles. The molecule has 0 aliphatic carbocycles. The Morgan fingerprint density at radius 3 is 3.00 bits per heavy atom. The summed E-state index contributed by atoms with van der Waals surface area (Å²) in [6, 6.07) is 6.74. The molecule has 0 amide bonds. The van der Waals surface area contributed by atoms with Gasteiger partial charge in [0.25, 0.3) is 0 Å². The number of hydrogen-bond acceptors (Lipinski definition) is 3. The molecule has 4 heteroatoms. The smallest absolute Gasteiger partial charge is 0.0471 e. The molecule has 1 saturated heterocycles. The average Bonchev–Trinajstić information content (AvgIpc) is 2.46. The van der Waals surface area contributed by atoms with E-state index in [1.807, 2.05) is 17.8 Å². The van der Waals surface area contributed by atoms with Gasteiger partial charge in [0.1, 0.15) is 0 Å². The van der Waals surface area contributed by atoms with Crippen LogP contribution in [0.4, 0.5) is 0 Å². The van der Waals surface area contributed by atoms with Crippen molar-refractivity contribution in [3.8, 4) is 0 Å². The van der Waals surface area contributed by atoms with Crippen molar-refractivity contribution >= 4 is 23.4 Å². The van der Waals surface area contributed by atoms with Crippen LogP contribution in [-0.4, -0.2) is 25.5 Å². The van der Waals surface area contributed by atoms with Gasteiger partial charge in [0.2, 0.25) is 0 Å². The van der Waals surface area contributed by atoms with Gasteiger partial charge in [-0.1, -0.05) is 18.5 Å². The zero-order valence-electron chi connectivity index (χ0n) is 12.0. The zero-order valence-corrected chi connectivity index (χ0v) is 13.5. The van der Waals surface area contributed by atoms with Crippen LogP contribution in [-0.2, 0) is 4.74 Å². The Labute approximate surface area is 130 Å². The molecule has 1 aromatic rings. The van der Waals surface area contributed by atoms with Crippen molar-refractivity contribution in [3.63, 3.8) is 0 Å². The van der Waals surface area contributed by atoms with E-state index >= 15 is 0 Å². The number of rotatable bonds is 3. The van der Waals surface area contributed by atoms with Gasteiger partial charge in [-0.25, -0.2) is 0 Å². The van der Waals surface area contributed by atoms with Crippen LogP contribution < -0.4 is 5.32 Å². The number of ether oxygens (including phenoxy) is 1. The van der Waals surface area contributed by atoms with Gasteiger partial charge in [-0.05, 0) is 54.2 Å². The third-order valence-electron chi connectivity index (χ3n) is 4.49. The number of thioether (sulfide) groups is 1. The van der Waals surface area contributed by atoms with E-state index in [1.165, 1.54) is 22.6 Å². The lowest BCUT2D eigenvalue weighted by molar-refractivity contribution is 0.0227. The number of hydrogen-bond donors (Lipinski definition) is 1. The summed E-state index contributed by atoms with van der Waals surface area (Å²) in [5, 5.41) is 4.63. The Bertz CT molecular complexity index is 474. The van der Waals surface area contributed by atoms with E-state index in [-0.39, 0.29) is 0 Å². The first-order valence-electron chi connectivity index (χ1n) is 7.40. The van der Waals surface area contributed by atoms with Crippen LogP contribution >= 0.6 is 23.4 Å². The van der Waals surface area contributed by atoms with E-state index < -0.39 is 0 Å². The zero-order chi connectivity index (χ0) is 14.0. The molecule has 1 N–H and O–H groups in total. The van der Waals surface area contributed by atoms with E-state index in [0.717, 1.165) is 37.6 Å². The van der Waals surface area contributed by atoms with Gasteiger partial charge in [0.15, 0.2) is 0 Å². The molecule has 2 aliphatic rings. The summed E-state index contributed by atoms with van der Waals surface area (Å²) in [4.78, 5) is 1.38. The normalized spacial score (nSPS) is 25.2. The summed E-state index contributed by atoms with van der Waals surface area (Å²) >= 11 is 8.11. The highest BCUT2D eigenvalue weighted by Gasteiger charge is 2.29. The van der Waals surface area contributed by atoms with Crippen LogP contribution in [0.2, 0.25) is 5.02 Å². The fourth-order valence-electron chi connectivity index (χ4n) is 2.99. The Morgan fingerprint density at radius 2 is 2.20 bits per heavy atom. The van der Waals surface area contributed by atoms with Gasteiger partial charge in [-0.15, -0.1) is 11.8 Å². The second-order valence-corrected chi connectivity index (χ2v) is 7.75. The highest BCUT2D eigenvalue weighted by Crippen LogP contribution is 2.38. The molecule has 0 aromatic heterocycles. The molecule has 20 heavy (non-hydrogen) atoms. The Balaban J connectivity index is 1.68. The largest absolute Gasteiger partial charge is 0.381 e. The number of nitrogens with one attached hydrogen (secondary N) is 1. The summed E-state index contributed by atoms with van der Waals surface area (Å²) in [7, 11) is 0. The van der Waals surface area contributed by atoms with Gasteiger partial charge in [-0.2, -0.15) is 0 Å². The topological polar surface area (TPSA) is 21.3 Å². The second-order valence-electron chi connectivity index (χ2n) is 6.18. The first-order chi connectivity index (χ1) is 9.66. The molecule has 0 spiro atoms. The first-order valence-corrected chi connectivity index (χ1v) is 8.76. The van der Waals surface area contributed by atoms with E-state index in [9.17, 15) is 0 Å². The third kappa shape index (κ3) is 3.33. The van der Waals surface area contributed by atoms with E-state index in [0.29, 0.717) is 11.5 Å². The fourth-order valence-corrected chi connectivity index (χ4v) is 4.27. The number of benzene rings is 1. The van der Waals surface area contributed by atoms with Crippen LogP contribution in [0, 0.1) is 5.41 Å². The minimum absolute atomic E-state index is 0.377. The maximum Gasteiger partial charge on any atom is 0.0471 e. The minimum atomic E-state index is 0.377.